The highest BCUT2D eigenvalue weighted by Crippen LogP contribution is 2.22. The summed E-state index contributed by atoms with van der Waals surface area (Å²) in [5.41, 5.74) is 0.678. The lowest BCUT2D eigenvalue weighted by atomic mass is 10.2. The molecule has 1 atom stereocenters. The third-order valence-corrected chi connectivity index (χ3v) is 4.86. The summed E-state index contributed by atoms with van der Waals surface area (Å²) in [6.45, 7) is 4.33. The number of nitrogens with zero attached hydrogens (tertiary/aromatic N) is 2. The smallest absolute Gasteiger partial charge is 0.146 e. The van der Waals surface area contributed by atoms with E-state index >= 15 is 0 Å². The van der Waals surface area contributed by atoms with E-state index in [2.05, 4.69) is 9.80 Å². The lowest BCUT2D eigenvalue weighted by Gasteiger charge is -2.37. The molecule has 1 aromatic rings. The topological polar surface area (TPSA) is 35.9 Å². The highest BCUT2D eigenvalue weighted by molar-refractivity contribution is 5.47. The SMILES string of the molecule is O[C@H](COC1CCCC1)CN1CCN(c2ccccc2F)CC1. The Morgan fingerprint density at radius 3 is 2.52 bits per heavy atom. The monoisotopic (exact) mass is 322 g/mol. The van der Waals surface area contributed by atoms with Crippen LogP contribution >= 0.6 is 0 Å². The largest absolute Gasteiger partial charge is 0.389 e. The number of hydrogen-bond acceptors (Lipinski definition) is 4. The number of para-hydroxylation sites is 1. The molecule has 1 heterocycles. The third kappa shape index (κ3) is 4.66. The first-order chi connectivity index (χ1) is 11.2. The molecule has 2 fully saturated rings. The fourth-order valence-electron chi connectivity index (χ4n) is 3.53. The molecular weight excluding hydrogens is 295 g/mol. The van der Waals surface area contributed by atoms with Crippen LogP contribution in [-0.2, 0) is 4.74 Å². The van der Waals surface area contributed by atoms with Gasteiger partial charge in [-0.15, -0.1) is 0 Å². The number of anilines is 1. The van der Waals surface area contributed by atoms with Crippen molar-refractivity contribution in [2.45, 2.75) is 37.9 Å². The number of aliphatic hydroxyl groups is 1. The van der Waals surface area contributed by atoms with Crippen LogP contribution in [0.15, 0.2) is 24.3 Å². The van der Waals surface area contributed by atoms with Crippen LogP contribution in [0.3, 0.4) is 0 Å². The van der Waals surface area contributed by atoms with Crippen LogP contribution in [0.5, 0.6) is 0 Å². The van der Waals surface area contributed by atoms with Gasteiger partial charge in [-0.2, -0.15) is 0 Å². The minimum Gasteiger partial charge on any atom is -0.389 e. The van der Waals surface area contributed by atoms with Crippen LogP contribution in [0.25, 0.3) is 0 Å². The van der Waals surface area contributed by atoms with Gasteiger partial charge in [0.15, 0.2) is 0 Å². The van der Waals surface area contributed by atoms with E-state index < -0.39 is 6.10 Å². The summed E-state index contributed by atoms with van der Waals surface area (Å²) in [7, 11) is 0. The van der Waals surface area contributed by atoms with E-state index in [4.69, 9.17) is 4.74 Å². The molecule has 2 aliphatic rings. The fraction of sp³-hybridized carbons (Fsp3) is 0.667. The van der Waals surface area contributed by atoms with Gasteiger partial charge in [0, 0.05) is 32.7 Å². The van der Waals surface area contributed by atoms with Crippen LogP contribution in [0.1, 0.15) is 25.7 Å². The van der Waals surface area contributed by atoms with Gasteiger partial charge in [0.2, 0.25) is 0 Å². The molecule has 0 aromatic heterocycles. The first kappa shape index (κ1) is 16.7. The molecule has 3 rings (SSSR count). The maximum Gasteiger partial charge on any atom is 0.146 e. The van der Waals surface area contributed by atoms with Crippen LogP contribution in [0, 0.1) is 5.82 Å². The Bertz CT molecular complexity index is 486. The molecular formula is C18H27FN2O2. The van der Waals surface area contributed by atoms with Crippen molar-refractivity contribution in [2.24, 2.45) is 0 Å². The molecule has 0 bridgehead atoms. The highest BCUT2D eigenvalue weighted by Gasteiger charge is 2.22. The Morgan fingerprint density at radius 2 is 1.83 bits per heavy atom. The summed E-state index contributed by atoms with van der Waals surface area (Å²) in [6.07, 6.45) is 4.68. The number of hydrogen-bond donors (Lipinski definition) is 1. The molecule has 1 saturated carbocycles. The normalized spacial score (nSPS) is 21.7. The van der Waals surface area contributed by atoms with E-state index in [0.717, 1.165) is 39.0 Å². The number of benzene rings is 1. The molecule has 0 amide bonds. The maximum atomic E-state index is 13.8. The first-order valence-electron chi connectivity index (χ1n) is 8.74. The molecule has 0 spiro atoms. The quantitative estimate of drug-likeness (QED) is 0.871. The van der Waals surface area contributed by atoms with E-state index in [1.54, 1.807) is 6.07 Å². The van der Waals surface area contributed by atoms with Gasteiger partial charge < -0.3 is 14.7 Å². The van der Waals surface area contributed by atoms with Crippen molar-refractivity contribution in [3.05, 3.63) is 30.1 Å². The van der Waals surface area contributed by atoms with Gasteiger partial charge in [-0.1, -0.05) is 25.0 Å². The standard InChI is InChI=1S/C18H27FN2O2/c19-17-7-3-4-8-18(17)21-11-9-20(10-12-21)13-15(22)14-23-16-5-1-2-6-16/h3-4,7-8,15-16,22H,1-2,5-6,9-14H2/t15-/m0/s1. The molecule has 23 heavy (non-hydrogen) atoms. The average Bonchev–Trinajstić information content (AvgIpc) is 3.08. The van der Waals surface area contributed by atoms with Gasteiger partial charge in [-0.25, -0.2) is 4.39 Å². The molecule has 1 aromatic carbocycles. The van der Waals surface area contributed by atoms with E-state index in [-0.39, 0.29) is 5.82 Å². The minimum absolute atomic E-state index is 0.161. The summed E-state index contributed by atoms with van der Waals surface area (Å²) in [5.74, 6) is -0.161. The third-order valence-electron chi connectivity index (χ3n) is 4.86. The van der Waals surface area contributed by atoms with Crippen molar-refractivity contribution in [2.75, 3.05) is 44.2 Å². The number of ether oxygens (including phenoxy) is 1. The van der Waals surface area contributed by atoms with Crippen LogP contribution in [-0.4, -0.2) is 61.5 Å². The van der Waals surface area contributed by atoms with Crippen molar-refractivity contribution in [1.82, 2.24) is 4.90 Å². The van der Waals surface area contributed by atoms with Crippen molar-refractivity contribution in [3.8, 4) is 0 Å². The van der Waals surface area contributed by atoms with Gasteiger partial charge in [0.25, 0.3) is 0 Å². The van der Waals surface area contributed by atoms with E-state index in [0.29, 0.717) is 24.9 Å². The molecule has 0 radical (unpaired) electrons. The average molecular weight is 322 g/mol. The van der Waals surface area contributed by atoms with E-state index in [1.807, 2.05) is 12.1 Å². The maximum absolute atomic E-state index is 13.8. The fourth-order valence-corrected chi connectivity index (χ4v) is 3.53. The van der Waals surface area contributed by atoms with Gasteiger partial charge in [0.05, 0.1) is 24.5 Å². The van der Waals surface area contributed by atoms with Crippen molar-refractivity contribution >= 4 is 5.69 Å². The minimum atomic E-state index is -0.435. The van der Waals surface area contributed by atoms with Gasteiger partial charge in [0.1, 0.15) is 5.82 Å². The Labute approximate surface area is 137 Å². The molecule has 1 aliphatic carbocycles. The first-order valence-corrected chi connectivity index (χ1v) is 8.74. The molecule has 1 N–H and O–H groups in total. The Balaban J connectivity index is 1.39. The van der Waals surface area contributed by atoms with E-state index in [9.17, 15) is 9.50 Å². The lowest BCUT2D eigenvalue weighted by Crippen LogP contribution is -2.49. The van der Waals surface area contributed by atoms with Gasteiger partial charge in [-0.3, -0.25) is 4.90 Å². The van der Waals surface area contributed by atoms with E-state index in [1.165, 1.54) is 18.9 Å². The zero-order valence-electron chi connectivity index (χ0n) is 13.7. The number of halogens is 1. The molecule has 0 unspecified atom stereocenters. The predicted octanol–water partition coefficient (Wildman–Crippen LogP) is 2.27. The van der Waals surface area contributed by atoms with Gasteiger partial charge in [-0.05, 0) is 25.0 Å². The van der Waals surface area contributed by atoms with Crippen molar-refractivity contribution < 1.29 is 14.2 Å². The molecule has 4 nitrogen and oxygen atoms in total. The van der Waals surface area contributed by atoms with Crippen LogP contribution < -0.4 is 4.90 Å². The Hall–Kier alpha value is -1.17. The Morgan fingerprint density at radius 1 is 1.13 bits per heavy atom. The second kappa shape index (κ2) is 8.08. The number of piperazine rings is 1. The summed E-state index contributed by atoms with van der Waals surface area (Å²) in [6, 6.07) is 6.92. The zero-order valence-corrected chi connectivity index (χ0v) is 13.7. The van der Waals surface area contributed by atoms with Crippen molar-refractivity contribution in [3.63, 3.8) is 0 Å². The van der Waals surface area contributed by atoms with Crippen molar-refractivity contribution in [1.29, 1.82) is 0 Å². The zero-order chi connectivity index (χ0) is 16.1. The van der Waals surface area contributed by atoms with Crippen LogP contribution in [0.4, 0.5) is 10.1 Å². The number of rotatable bonds is 6. The number of aliphatic hydroxyl groups excluding tert-OH is 1. The second-order valence-corrected chi connectivity index (χ2v) is 6.63. The Kier molecular flexibility index (Phi) is 5.86. The molecule has 1 saturated heterocycles. The summed E-state index contributed by atoms with van der Waals surface area (Å²) < 4.78 is 19.6. The highest BCUT2D eigenvalue weighted by atomic mass is 19.1. The predicted molar refractivity (Wildman–Crippen MR) is 89.3 cm³/mol. The summed E-state index contributed by atoms with van der Waals surface area (Å²) in [5, 5.41) is 10.1. The summed E-state index contributed by atoms with van der Waals surface area (Å²) >= 11 is 0. The molecule has 5 heteroatoms. The lowest BCUT2D eigenvalue weighted by molar-refractivity contribution is -0.0188. The van der Waals surface area contributed by atoms with Crippen LogP contribution in [0.2, 0.25) is 0 Å². The second-order valence-electron chi connectivity index (χ2n) is 6.63. The molecule has 128 valence electrons. The summed E-state index contributed by atoms with van der Waals surface area (Å²) in [4.78, 5) is 4.31. The van der Waals surface area contributed by atoms with Gasteiger partial charge >= 0.3 is 0 Å². The molecule has 1 aliphatic heterocycles. The number of β-amino-alcohol motifs (C(OH)–C–C–N with tert-alkyl or cyclic N) is 1.